The molecule has 0 bridgehead atoms. The van der Waals surface area contributed by atoms with E-state index in [4.69, 9.17) is 57.4 Å². The number of carbonyl (C=O) groups excluding carboxylic acids is 3. The number of primary amides is 1. The number of aryl methyl sites for hydroxylation is 7. The molecule has 0 unspecified atom stereocenters. The van der Waals surface area contributed by atoms with Crippen LogP contribution in [0.5, 0.6) is 0 Å². The first kappa shape index (κ1) is 88.2. The first-order valence-electron chi connectivity index (χ1n) is 29.9. The first-order valence-corrected chi connectivity index (χ1v) is 44.6. The van der Waals surface area contributed by atoms with E-state index in [-0.39, 0.29) is 40.7 Å². The van der Waals surface area contributed by atoms with E-state index in [1.165, 1.54) is 148 Å². The van der Waals surface area contributed by atoms with Crippen molar-refractivity contribution in [3.63, 3.8) is 0 Å². The molecule has 1 amide bonds. The molecule has 14 aromatic rings. The van der Waals surface area contributed by atoms with E-state index >= 15 is 0 Å². The van der Waals surface area contributed by atoms with Crippen molar-refractivity contribution in [2.45, 2.75) is 73.6 Å². The Kier molecular flexibility index (Phi) is 33.9. The summed E-state index contributed by atoms with van der Waals surface area (Å²) in [7, 11) is 2.74. The highest BCUT2D eigenvalue weighted by Gasteiger charge is 2.21. The normalized spacial score (nSPS) is 10.6. The van der Waals surface area contributed by atoms with Crippen LogP contribution < -0.4 is 5.73 Å². The van der Waals surface area contributed by atoms with Crippen LogP contribution >= 0.6 is 229 Å². The van der Waals surface area contributed by atoms with Crippen molar-refractivity contribution >= 4 is 346 Å². The summed E-state index contributed by atoms with van der Waals surface area (Å²) < 4.78 is 19.1. The number of thiophene rings is 7. The summed E-state index contributed by atoms with van der Waals surface area (Å²) in [6, 6.07) is 0. The van der Waals surface area contributed by atoms with E-state index in [1.807, 2.05) is 46.9 Å². The van der Waals surface area contributed by atoms with Gasteiger partial charge in [-0.05, 0) is 161 Å². The Morgan fingerprint density at radius 1 is 0.413 bits per heavy atom. The molecule has 0 atom stereocenters. The zero-order valence-electron chi connectivity index (χ0n) is 57.3. The minimum absolute atomic E-state index is 0.0274. The largest absolute Gasteiger partial charge is 0.481 e. The number of nitrogens with two attached hydrogens (primary N) is 1. The molecule has 0 radical (unpaired) electrons. The predicted molar refractivity (Wildman–Crippen MR) is 465 cm³/mol. The zero-order chi connectivity index (χ0) is 79.5. The lowest BCUT2D eigenvalue weighted by Crippen LogP contribution is -2.09. The predicted octanol–water partition coefficient (Wildman–Crippen LogP) is 18.4. The van der Waals surface area contributed by atoms with Crippen LogP contribution in [-0.4, -0.2) is 164 Å². The maximum Gasteiger partial charge on any atom is 0.316 e. The highest BCUT2D eigenvalue weighted by Crippen LogP contribution is 2.43. The van der Waals surface area contributed by atoms with E-state index in [0.29, 0.717) is 56.0 Å². The summed E-state index contributed by atoms with van der Waals surface area (Å²) in [4.78, 5) is 130. The fraction of sp³-hybridized carbons (Fsp3) is 0.219. The Hall–Kier alpha value is -6.40. The van der Waals surface area contributed by atoms with Crippen molar-refractivity contribution in [3.05, 3.63) is 135 Å². The number of carbonyl (C=O) groups is 6. The topological polar surface area (TPSA) is 397 Å². The van der Waals surface area contributed by atoms with Gasteiger partial charge in [0.25, 0.3) is 5.91 Å². The number of nitrogens with zero attached hydrogens (tertiary/aromatic N) is 16. The third-order valence-corrected chi connectivity index (χ3v) is 32.5. The van der Waals surface area contributed by atoms with Crippen molar-refractivity contribution < 1.29 is 53.6 Å². The number of ether oxygens (including phenoxy) is 2. The number of esters is 2. The summed E-state index contributed by atoms with van der Waals surface area (Å²) in [6.07, 6.45) is 10.2. The molecule has 564 valence electrons. The molecule has 0 fully saturated rings. The van der Waals surface area contributed by atoms with Gasteiger partial charge >= 0.3 is 29.8 Å². The smallest absolute Gasteiger partial charge is 0.316 e. The fourth-order valence-corrected chi connectivity index (χ4v) is 23.0. The van der Waals surface area contributed by atoms with Gasteiger partial charge in [0.15, 0.2) is 0 Å². The van der Waals surface area contributed by atoms with E-state index < -0.39 is 23.8 Å². The number of carboxylic acid groups (broad SMARTS) is 3. The van der Waals surface area contributed by atoms with Crippen LogP contribution in [0.25, 0.3) is 81.2 Å². The van der Waals surface area contributed by atoms with Gasteiger partial charge in [0.05, 0.1) is 141 Å². The number of halogens is 5. The molecule has 0 saturated heterocycles. The van der Waals surface area contributed by atoms with E-state index in [9.17, 15) is 28.8 Å². The molecule has 0 aliphatic heterocycles. The van der Waals surface area contributed by atoms with Crippen LogP contribution in [0, 0.1) is 70.3 Å². The number of amides is 1. The number of thioether (sulfide) groups is 5. The Morgan fingerprint density at radius 2 is 0.697 bits per heavy atom. The number of aromatic nitrogens is 14. The van der Waals surface area contributed by atoms with E-state index in [2.05, 4.69) is 157 Å². The summed E-state index contributed by atoms with van der Waals surface area (Å²) in [5.41, 5.74) is 18.4. The monoisotopic (exact) mass is 2070 g/mol. The number of methoxy groups -OCH3 is 2. The molecule has 14 rings (SSSR count). The maximum absolute atomic E-state index is 11.3. The lowest BCUT2D eigenvalue weighted by Gasteiger charge is -2.00. The maximum atomic E-state index is 11.3. The van der Waals surface area contributed by atoms with Gasteiger partial charge in [-0.1, -0.05) is 82.0 Å². The quantitative estimate of drug-likeness (QED) is 0.0229. The molecule has 5 N–H and O–H groups in total. The Labute approximate surface area is 718 Å². The van der Waals surface area contributed by atoms with Crippen LogP contribution in [0.15, 0.2) is 74.8 Å². The summed E-state index contributed by atoms with van der Waals surface area (Å²) in [6.45, 7) is 27.7. The number of aliphatic carboxylic acids is 3. The minimum atomic E-state index is -0.921. The van der Waals surface area contributed by atoms with Crippen LogP contribution in [0.2, 0.25) is 10.3 Å². The SMILES string of the molecule is COC(=O)CSc1ncnc2c(C)c(I)sc12.Cc1c(C(N)=O)sc2c(SCC(=O)O)ncnc12.Cc1c(I)sc2c(Cl)ncnc12.Cc1c(I)sc2c(SCC(=O)O)ncnc12.Cc1csc2c(Cl)ncnc12.[C-]#[N+]c1sc2c(SCC(=O)O)ncnc2c1C.[C-]#[N+]c1sc2c(SCC(=O)OC)ncnc2c1C. The summed E-state index contributed by atoms with van der Waals surface area (Å²) in [5, 5.41) is 33.8. The Balaban J connectivity index is 0.000000161. The first-order chi connectivity index (χ1) is 52.0. The van der Waals surface area contributed by atoms with Crippen LogP contribution in [0.3, 0.4) is 0 Å². The lowest BCUT2D eigenvalue weighted by atomic mass is 10.2. The molecule has 0 aromatic carbocycles. The number of rotatable bonds is 16. The van der Waals surface area contributed by atoms with Crippen molar-refractivity contribution in [2.75, 3.05) is 43.0 Å². The highest BCUT2D eigenvalue weighted by atomic mass is 127. The number of carboxylic acids is 3. The second-order valence-corrected chi connectivity index (χ2v) is 38.8. The van der Waals surface area contributed by atoms with Crippen LogP contribution in [0.4, 0.5) is 10.0 Å². The molecular weight excluding hydrogens is 2020 g/mol. The average Bonchev–Trinajstić information content (AvgIpc) is 1.65. The molecule has 28 nitrogen and oxygen atoms in total. The number of hydrogen-bond donors (Lipinski definition) is 4. The van der Waals surface area contributed by atoms with Crippen LogP contribution in [-0.2, 0) is 33.4 Å². The molecule has 14 aromatic heterocycles. The molecule has 0 spiro atoms. The molecule has 109 heavy (non-hydrogen) atoms. The van der Waals surface area contributed by atoms with Crippen LogP contribution in [0.1, 0.15) is 48.6 Å². The summed E-state index contributed by atoms with van der Waals surface area (Å²) in [5.74, 6) is -3.33. The third-order valence-electron chi connectivity index (χ3n) is 13.8. The zero-order valence-corrected chi connectivity index (χ0v) is 75.1. The second-order valence-electron chi connectivity index (χ2n) is 20.9. The third kappa shape index (κ3) is 22.9. The molecule has 45 heteroatoms. The van der Waals surface area contributed by atoms with Gasteiger partial charge in [-0.25, -0.2) is 79.5 Å². The van der Waals surface area contributed by atoms with Gasteiger partial charge in [-0.3, -0.25) is 28.8 Å². The Morgan fingerprint density at radius 3 is 1.02 bits per heavy atom. The Bertz CT molecular complexity index is 5850. The summed E-state index contributed by atoms with van der Waals surface area (Å²) >= 11 is 35.1. The van der Waals surface area contributed by atoms with E-state index in [0.717, 1.165) is 117 Å². The van der Waals surface area contributed by atoms with Gasteiger partial charge in [0.1, 0.15) is 79.7 Å². The van der Waals surface area contributed by atoms with Gasteiger partial charge in [0, 0.05) is 0 Å². The number of hydrogen-bond acceptors (Lipinski definition) is 34. The molecule has 14 heterocycles. The molecular formula is C64H50Cl2I3N17O11S12. The average molecular weight is 2070 g/mol. The number of fused-ring (bicyclic) bond motifs is 7. The van der Waals surface area contributed by atoms with E-state index in [1.54, 1.807) is 52.3 Å². The van der Waals surface area contributed by atoms with Crippen molar-refractivity contribution in [1.82, 2.24) is 69.8 Å². The highest BCUT2D eigenvalue weighted by molar-refractivity contribution is 14.1. The molecule has 0 aliphatic rings. The molecule has 0 aliphatic carbocycles. The standard InChI is InChI=1S/C11H9N3O2S2.C10H9IN2O2S2.C10H9N3O3S2.C10H7N3O2S2.C9H7IN2O2S2.C7H4ClIN2S.C7H5ClN2S/c1-6-8-9(18-10(6)12-2)11(14-5-13-8)17-4-7(15)16-3;1-5-7-8(17-9(5)11)10(13-4-12-7)16-3-6(14)15-2;1-4-6-8(18-7(4)9(11)16)10(13-3-12-6)17-2-5(14)15;1-5-7-8(17-9(5)11-2)10(13-4-12-7)16-3-6(14)15;1-4-6-7(16-8(4)10)9(12-3-11-6)15-2-5(13)14;1-3-4-5(12-7(3)9)6(8)11-2-10-4;1-4-2-11-6-5(4)9-3-10-7(6)8/h5H,4H2,1,3H3;4H,3H2,1-2H3;3H,2H2,1H3,(H2,11,16)(H,14,15);4H,3H2,1H3,(H,14,15);3H,2H2,1H3,(H,13,14);2H,1H3;2-3H,1H3. The minimum Gasteiger partial charge on any atom is -0.481 e. The van der Waals surface area contributed by atoms with Gasteiger partial charge < -0.3 is 30.5 Å². The molecule has 0 saturated carbocycles. The van der Waals surface area contributed by atoms with Crippen molar-refractivity contribution in [2.24, 2.45) is 5.73 Å². The van der Waals surface area contributed by atoms with Gasteiger partial charge in [-0.15, -0.1) is 79.4 Å². The van der Waals surface area contributed by atoms with Gasteiger partial charge in [0.2, 0.25) is 10.0 Å². The van der Waals surface area contributed by atoms with Gasteiger partial charge in [-0.2, -0.15) is 0 Å². The van der Waals surface area contributed by atoms with Crippen molar-refractivity contribution in [3.8, 4) is 0 Å². The van der Waals surface area contributed by atoms with Crippen molar-refractivity contribution in [1.29, 1.82) is 0 Å². The lowest BCUT2D eigenvalue weighted by molar-refractivity contribution is -0.138. The fourth-order valence-electron chi connectivity index (χ4n) is 8.57. The second kappa shape index (κ2) is 41.9.